The first-order chi connectivity index (χ1) is 8.62. The van der Waals surface area contributed by atoms with Crippen LogP contribution in [0.15, 0.2) is 0 Å². The molecule has 18 heavy (non-hydrogen) atoms. The Bertz CT molecular complexity index is 253. The highest BCUT2D eigenvalue weighted by Crippen LogP contribution is 2.14. The van der Waals surface area contributed by atoms with Crippen molar-refractivity contribution < 1.29 is 19.0 Å². The zero-order valence-electron chi connectivity index (χ0n) is 11.7. The van der Waals surface area contributed by atoms with Gasteiger partial charge in [-0.05, 0) is 33.2 Å². The van der Waals surface area contributed by atoms with E-state index in [1.165, 1.54) is 0 Å². The molecular weight excluding hydrogens is 234 g/mol. The normalized spacial score (nSPS) is 22.7. The summed E-state index contributed by atoms with van der Waals surface area (Å²) in [5.41, 5.74) is -0.769. The molecule has 1 rings (SSSR count). The van der Waals surface area contributed by atoms with E-state index in [1.807, 2.05) is 13.8 Å². The van der Waals surface area contributed by atoms with Gasteiger partial charge in [0.2, 0.25) is 0 Å². The summed E-state index contributed by atoms with van der Waals surface area (Å²) in [4.78, 5) is 12.0. The lowest BCUT2D eigenvalue weighted by molar-refractivity contribution is -0.154. The van der Waals surface area contributed by atoms with Crippen molar-refractivity contribution in [3.8, 4) is 0 Å². The van der Waals surface area contributed by atoms with Gasteiger partial charge in [0.1, 0.15) is 5.54 Å². The summed E-state index contributed by atoms with van der Waals surface area (Å²) in [6, 6.07) is 0. The summed E-state index contributed by atoms with van der Waals surface area (Å²) in [6.07, 6.45) is 1.95. The largest absolute Gasteiger partial charge is 0.465 e. The Kier molecular flexibility index (Phi) is 6.60. The van der Waals surface area contributed by atoms with E-state index in [0.29, 0.717) is 19.8 Å². The van der Waals surface area contributed by atoms with E-state index in [2.05, 4.69) is 12.2 Å². The average molecular weight is 259 g/mol. The highest BCUT2D eigenvalue weighted by molar-refractivity contribution is 5.80. The Morgan fingerprint density at radius 3 is 2.83 bits per heavy atom. The maximum Gasteiger partial charge on any atom is 0.328 e. The van der Waals surface area contributed by atoms with Crippen LogP contribution < -0.4 is 5.32 Å². The predicted octanol–water partition coefficient (Wildman–Crippen LogP) is 1.11. The summed E-state index contributed by atoms with van der Waals surface area (Å²) < 4.78 is 16.1. The Morgan fingerprint density at radius 2 is 2.28 bits per heavy atom. The van der Waals surface area contributed by atoms with Crippen molar-refractivity contribution in [2.45, 2.75) is 45.3 Å². The van der Waals surface area contributed by atoms with Crippen molar-refractivity contribution in [1.29, 1.82) is 0 Å². The fourth-order valence-corrected chi connectivity index (χ4v) is 1.80. The Hall–Kier alpha value is -0.650. The topological polar surface area (TPSA) is 56.8 Å². The van der Waals surface area contributed by atoms with Crippen LogP contribution in [0.2, 0.25) is 0 Å². The van der Waals surface area contributed by atoms with Crippen LogP contribution in [0.25, 0.3) is 0 Å². The average Bonchev–Trinajstić information content (AvgIpc) is 2.87. The molecule has 0 aromatic carbocycles. The molecule has 2 atom stereocenters. The Morgan fingerprint density at radius 1 is 1.50 bits per heavy atom. The van der Waals surface area contributed by atoms with Gasteiger partial charge in [-0.1, -0.05) is 6.92 Å². The predicted molar refractivity (Wildman–Crippen MR) is 68.5 cm³/mol. The minimum Gasteiger partial charge on any atom is -0.465 e. The first kappa shape index (κ1) is 15.4. The highest BCUT2D eigenvalue weighted by atomic mass is 16.6. The molecular formula is C13H25NO4. The van der Waals surface area contributed by atoms with E-state index in [4.69, 9.17) is 14.2 Å². The van der Waals surface area contributed by atoms with Crippen molar-refractivity contribution in [3.05, 3.63) is 0 Å². The number of hydrogen-bond acceptors (Lipinski definition) is 5. The van der Waals surface area contributed by atoms with Crippen LogP contribution in [-0.4, -0.2) is 50.6 Å². The van der Waals surface area contributed by atoms with Gasteiger partial charge in [-0.3, -0.25) is 0 Å². The highest BCUT2D eigenvalue weighted by Gasteiger charge is 2.35. The molecule has 0 amide bonds. The summed E-state index contributed by atoms with van der Waals surface area (Å²) in [6.45, 7) is 8.52. The first-order valence-electron chi connectivity index (χ1n) is 6.74. The summed E-state index contributed by atoms with van der Waals surface area (Å²) in [5, 5.41) is 3.21. The Labute approximate surface area is 109 Å². The number of carbonyl (C=O) groups is 1. The second kappa shape index (κ2) is 7.71. The van der Waals surface area contributed by atoms with Crippen molar-refractivity contribution in [1.82, 2.24) is 5.32 Å². The maximum atomic E-state index is 12.0. The number of nitrogens with one attached hydrogen (secondary N) is 1. The molecule has 1 aliphatic heterocycles. The van der Waals surface area contributed by atoms with Gasteiger partial charge >= 0.3 is 5.97 Å². The number of rotatable bonds is 8. The van der Waals surface area contributed by atoms with E-state index in [9.17, 15) is 4.79 Å². The van der Waals surface area contributed by atoms with Gasteiger partial charge in [0.05, 0.1) is 25.9 Å². The standard InChI is InChI=1S/C13H25NO4/c1-4-7-14-13(3,12(15)17-5-2)10-18-11-6-8-16-9-11/h11,14H,4-10H2,1-3H3. The van der Waals surface area contributed by atoms with Crippen LogP contribution >= 0.6 is 0 Å². The van der Waals surface area contributed by atoms with E-state index in [0.717, 1.165) is 26.0 Å². The van der Waals surface area contributed by atoms with Crippen molar-refractivity contribution in [3.63, 3.8) is 0 Å². The SMILES string of the molecule is CCCNC(C)(COC1CCOC1)C(=O)OCC. The summed E-state index contributed by atoms with van der Waals surface area (Å²) in [5.74, 6) is -0.252. The molecule has 0 aromatic rings. The van der Waals surface area contributed by atoms with E-state index < -0.39 is 5.54 Å². The lowest BCUT2D eigenvalue weighted by atomic mass is 10.0. The van der Waals surface area contributed by atoms with Gasteiger partial charge < -0.3 is 19.5 Å². The zero-order valence-corrected chi connectivity index (χ0v) is 11.7. The van der Waals surface area contributed by atoms with Crippen LogP contribution in [0.4, 0.5) is 0 Å². The molecule has 2 unspecified atom stereocenters. The monoisotopic (exact) mass is 259 g/mol. The Balaban J connectivity index is 2.49. The van der Waals surface area contributed by atoms with Gasteiger partial charge in [-0.2, -0.15) is 0 Å². The molecule has 1 heterocycles. The fourth-order valence-electron chi connectivity index (χ4n) is 1.80. The maximum absolute atomic E-state index is 12.0. The van der Waals surface area contributed by atoms with Crippen LogP contribution in [0.1, 0.15) is 33.6 Å². The van der Waals surface area contributed by atoms with Crippen LogP contribution in [0.3, 0.4) is 0 Å². The molecule has 0 aromatic heterocycles. The minimum atomic E-state index is -0.769. The third-order valence-electron chi connectivity index (χ3n) is 2.99. The molecule has 0 bridgehead atoms. The molecule has 1 N–H and O–H groups in total. The van der Waals surface area contributed by atoms with Gasteiger partial charge in [0.25, 0.3) is 0 Å². The van der Waals surface area contributed by atoms with Crippen LogP contribution in [0.5, 0.6) is 0 Å². The van der Waals surface area contributed by atoms with E-state index >= 15 is 0 Å². The zero-order chi connectivity index (χ0) is 13.4. The van der Waals surface area contributed by atoms with Crippen molar-refractivity contribution in [2.75, 3.05) is 33.0 Å². The van der Waals surface area contributed by atoms with Gasteiger partial charge in [0, 0.05) is 6.61 Å². The van der Waals surface area contributed by atoms with Gasteiger partial charge in [-0.15, -0.1) is 0 Å². The van der Waals surface area contributed by atoms with E-state index in [1.54, 1.807) is 0 Å². The fraction of sp³-hybridized carbons (Fsp3) is 0.923. The van der Waals surface area contributed by atoms with Crippen molar-refractivity contribution in [2.24, 2.45) is 0 Å². The van der Waals surface area contributed by atoms with Crippen LogP contribution in [0, 0.1) is 0 Å². The molecule has 1 aliphatic rings. The summed E-state index contributed by atoms with van der Waals surface area (Å²) >= 11 is 0. The molecule has 106 valence electrons. The van der Waals surface area contributed by atoms with Gasteiger partial charge in [-0.25, -0.2) is 4.79 Å². The molecule has 0 saturated carbocycles. The number of hydrogen-bond donors (Lipinski definition) is 1. The minimum absolute atomic E-state index is 0.0992. The third kappa shape index (κ3) is 4.55. The van der Waals surface area contributed by atoms with Crippen molar-refractivity contribution >= 4 is 5.97 Å². The molecule has 1 fully saturated rings. The molecule has 0 radical (unpaired) electrons. The molecule has 0 aliphatic carbocycles. The number of esters is 1. The first-order valence-corrected chi connectivity index (χ1v) is 6.74. The molecule has 0 spiro atoms. The smallest absolute Gasteiger partial charge is 0.328 e. The molecule has 5 heteroatoms. The molecule has 1 saturated heterocycles. The third-order valence-corrected chi connectivity index (χ3v) is 2.99. The van der Waals surface area contributed by atoms with Gasteiger partial charge in [0.15, 0.2) is 0 Å². The lowest BCUT2D eigenvalue weighted by Crippen LogP contribution is -2.54. The molecule has 5 nitrogen and oxygen atoms in total. The summed E-state index contributed by atoms with van der Waals surface area (Å²) in [7, 11) is 0. The second-order valence-corrected chi connectivity index (χ2v) is 4.78. The van der Waals surface area contributed by atoms with E-state index in [-0.39, 0.29) is 12.1 Å². The lowest BCUT2D eigenvalue weighted by Gasteiger charge is -2.29. The number of ether oxygens (including phenoxy) is 3. The quantitative estimate of drug-likeness (QED) is 0.662. The van der Waals surface area contributed by atoms with Crippen LogP contribution in [-0.2, 0) is 19.0 Å². The second-order valence-electron chi connectivity index (χ2n) is 4.78. The number of carbonyl (C=O) groups excluding carboxylic acids is 1.